The molecule has 0 bridgehead atoms. The van der Waals surface area contributed by atoms with Crippen LogP contribution in [0.25, 0.3) is 6.08 Å². The summed E-state index contributed by atoms with van der Waals surface area (Å²) in [6.07, 6.45) is 2.89. The smallest absolute Gasteiger partial charge is 0.324 e. The number of thiophene rings is 1. The molecule has 136 valence electrons. The highest BCUT2D eigenvalue weighted by molar-refractivity contribution is 7.16. The van der Waals surface area contributed by atoms with Crippen molar-refractivity contribution >= 4 is 34.0 Å². The van der Waals surface area contributed by atoms with Gasteiger partial charge >= 0.3 is 5.00 Å². The Morgan fingerprint density at radius 2 is 1.81 bits per heavy atom. The van der Waals surface area contributed by atoms with Crippen LogP contribution in [0.15, 0.2) is 72.8 Å². The Balaban J connectivity index is 1.51. The first kappa shape index (κ1) is 18.3. The van der Waals surface area contributed by atoms with Crippen LogP contribution in [-0.2, 0) is 11.4 Å². The fourth-order valence-corrected chi connectivity index (χ4v) is 2.97. The highest BCUT2D eigenvalue weighted by Crippen LogP contribution is 2.25. The third-order valence-electron chi connectivity index (χ3n) is 3.56. The van der Waals surface area contributed by atoms with Crippen molar-refractivity contribution in [2.75, 3.05) is 5.32 Å². The average molecular weight is 380 g/mol. The molecule has 1 heterocycles. The van der Waals surface area contributed by atoms with Crippen molar-refractivity contribution in [2.45, 2.75) is 6.61 Å². The Bertz CT molecular complexity index is 950. The Morgan fingerprint density at radius 3 is 2.48 bits per heavy atom. The zero-order valence-electron chi connectivity index (χ0n) is 14.2. The molecule has 0 fully saturated rings. The summed E-state index contributed by atoms with van der Waals surface area (Å²) in [4.78, 5) is 22.8. The molecule has 1 amide bonds. The average Bonchev–Trinajstić information content (AvgIpc) is 3.16. The number of ether oxygens (including phenoxy) is 1. The molecule has 0 atom stereocenters. The van der Waals surface area contributed by atoms with Crippen molar-refractivity contribution in [3.05, 3.63) is 93.4 Å². The first-order valence-corrected chi connectivity index (χ1v) is 8.92. The maximum atomic E-state index is 12.0. The van der Waals surface area contributed by atoms with Crippen LogP contribution in [-0.4, -0.2) is 10.8 Å². The summed E-state index contributed by atoms with van der Waals surface area (Å²) < 4.78 is 5.70. The summed E-state index contributed by atoms with van der Waals surface area (Å²) in [5.41, 5.74) is 1.71. The van der Waals surface area contributed by atoms with E-state index >= 15 is 0 Å². The minimum atomic E-state index is -0.455. The van der Waals surface area contributed by atoms with Crippen LogP contribution < -0.4 is 10.1 Å². The van der Waals surface area contributed by atoms with E-state index in [4.69, 9.17) is 4.74 Å². The first-order chi connectivity index (χ1) is 13.1. The van der Waals surface area contributed by atoms with E-state index in [1.807, 2.05) is 30.3 Å². The van der Waals surface area contributed by atoms with E-state index < -0.39 is 4.92 Å². The number of nitro groups is 1. The number of carbonyl (C=O) groups is 1. The van der Waals surface area contributed by atoms with Crippen LogP contribution in [0.2, 0.25) is 0 Å². The van der Waals surface area contributed by atoms with Gasteiger partial charge in [0.25, 0.3) is 0 Å². The van der Waals surface area contributed by atoms with Crippen molar-refractivity contribution in [3.8, 4) is 5.75 Å². The van der Waals surface area contributed by atoms with Gasteiger partial charge in [0.15, 0.2) is 0 Å². The lowest BCUT2D eigenvalue weighted by atomic mass is 10.2. The molecule has 2 aromatic carbocycles. The van der Waals surface area contributed by atoms with Gasteiger partial charge in [0.05, 0.1) is 4.92 Å². The highest BCUT2D eigenvalue weighted by atomic mass is 32.1. The molecule has 6 nitrogen and oxygen atoms in total. The van der Waals surface area contributed by atoms with Gasteiger partial charge in [-0.2, -0.15) is 0 Å². The monoisotopic (exact) mass is 380 g/mol. The maximum Gasteiger partial charge on any atom is 0.324 e. The van der Waals surface area contributed by atoms with Gasteiger partial charge < -0.3 is 10.1 Å². The number of hydrogen-bond acceptors (Lipinski definition) is 5. The van der Waals surface area contributed by atoms with E-state index in [0.29, 0.717) is 22.9 Å². The second kappa shape index (κ2) is 8.77. The highest BCUT2D eigenvalue weighted by Gasteiger charge is 2.08. The molecule has 0 aliphatic heterocycles. The fraction of sp³-hybridized carbons (Fsp3) is 0.0500. The number of nitrogens with zero attached hydrogens (tertiary/aromatic N) is 1. The largest absolute Gasteiger partial charge is 0.489 e. The van der Waals surface area contributed by atoms with Gasteiger partial charge in [-0.3, -0.25) is 14.9 Å². The third kappa shape index (κ3) is 5.52. The SMILES string of the molecule is O=C(/C=C/c1ccc([N+](=O)[O-])s1)Nc1ccc(OCc2ccccc2)cc1. The van der Waals surface area contributed by atoms with Gasteiger partial charge in [0.2, 0.25) is 5.91 Å². The molecule has 7 heteroatoms. The molecule has 0 radical (unpaired) electrons. The molecule has 0 saturated heterocycles. The zero-order valence-corrected chi connectivity index (χ0v) is 15.0. The van der Waals surface area contributed by atoms with Gasteiger partial charge in [0.1, 0.15) is 12.4 Å². The van der Waals surface area contributed by atoms with Crippen molar-refractivity contribution < 1.29 is 14.5 Å². The molecule has 0 aliphatic carbocycles. The molecule has 0 aliphatic rings. The van der Waals surface area contributed by atoms with Gasteiger partial charge in [-0.15, -0.1) is 0 Å². The number of rotatable bonds is 7. The van der Waals surface area contributed by atoms with Crippen molar-refractivity contribution in [3.63, 3.8) is 0 Å². The minimum Gasteiger partial charge on any atom is -0.489 e. The van der Waals surface area contributed by atoms with Gasteiger partial charge in [-0.05, 0) is 42.0 Å². The summed E-state index contributed by atoms with van der Waals surface area (Å²) in [6.45, 7) is 0.474. The number of benzene rings is 2. The van der Waals surface area contributed by atoms with Crippen LogP contribution in [0.3, 0.4) is 0 Å². The lowest BCUT2D eigenvalue weighted by Crippen LogP contribution is -2.07. The molecule has 0 spiro atoms. The predicted octanol–water partition coefficient (Wildman–Crippen LogP) is 4.89. The summed E-state index contributed by atoms with van der Waals surface area (Å²) in [5.74, 6) is 0.391. The Morgan fingerprint density at radius 1 is 1.07 bits per heavy atom. The molecule has 3 aromatic rings. The lowest BCUT2D eigenvalue weighted by molar-refractivity contribution is -0.380. The van der Waals surface area contributed by atoms with E-state index in [-0.39, 0.29) is 10.9 Å². The van der Waals surface area contributed by atoms with Crippen molar-refractivity contribution in [1.82, 2.24) is 0 Å². The lowest BCUT2D eigenvalue weighted by Gasteiger charge is -2.07. The number of anilines is 1. The summed E-state index contributed by atoms with van der Waals surface area (Å²) in [6, 6.07) is 19.9. The van der Waals surface area contributed by atoms with Crippen molar-refractivity contribution in [1.29, 1.82) is 0 Å². The molecular weight excluding hydrogens is 364 g/mol. The number of amides is 1. The second-order valence-electron chi connectivity index (χ2n) is 5.55. The van der Waals surface area contributed by atoms with Gasteiger partial charge in [-0.1, -0.05) is 41.7 Å². The van der Waals surface area contributed by atoms with E-state index in [9.17, 15) is 14.9 Å². The molecule has 1 N–H and O–H groups in total. The van der Waals surface area contributed by atoms with Crippen LogP contribution in [0.5, 0.6) is 5.75 Å². The Labute approximate surface area is 159 Å². The van der Waals surface area contributed by atoms with Crippen LogP contribution in [0, 0.1) is 10.1 Å². The summed E-state index contributed by atoms with van der Waals surface area (Å²) in [5, 5.41) is 13.4. The molecule has 3 rings (SSSR count). The maximum absolute atomic E-state index is 12.0. The fourth-order valence-electron chi connectivity index (χ4n) is 2.25. The zero-order chi connectivity index (χ0) is 19.1. The summed E-state index contributed by atoms with van der Waals surface area (Å²) in [7, 11) is 0. The Kier molecular flexibility index (Phi) is 5.96. The number of nitrogens with one attached hydrogen (secondary N) is 1. The second-order valence-corrected chi connectivity index (χ2v) is 6.65. The van der Waals surface area contributed by atoms with Gasteiger partial charge in [0, 0.05) is 22.7 Å². The van der Waals surface area contributed by atoms with Crippen LogP contribution in [0.1, 0.15) is 10.4 Å². The minimum absolute atomic E-state index is 0.0427. The topological polar surface area (TPSA) is 81.5 Å². The molecule has 0 saturated carbocycles. The van der Waals surface area contributed by atoms with E-state index in [0.717, 1.165) is 16.9 Å². The van der Waals surface area contributed by atoms with Crippen LogP contribution in [0.4, 0.5) is 10.7 Å². The normalized spacial score (nSPS) is 10.7. The molecule has 27 heavy (non-hydrogen) atoms. The third-order valence-corrected chi connectivity index (χ3v) is 4.56. The van der Waals surface area contributed by atoms with E-state index in [1.165, 1.54) is 12.1 Å². The summed E-state index contributed by atoms with van der Waals surface area (Å²) >= 11 is 1.01. The van der Waals surface area contributed by atoms with Crippen LogP contribution >= 0.6 is 11.3 Å². The molecular formula is C20H16N2O4S. The predicted molar refractivity (Wildman–Crippen MR) is 106 cm³/mol. The van der Waals surface area contributed by atoms with E-state index in [1.54, 1.807) is 36.4 Å². The standard InChI is InChI=1S/C20H16N2O4S/c23-19(12-10-18-11-13-20(27-18)22(24)25)21-16-6-8-17(9-7-16)26-14-15-4-2-1-3-5-15/h1-13H,14H2,(H,21,23)/b12-10+. The first-order valence-electron chi connectivity index (χ1n) is 8.10. The van der Waals surface area contributed by atoms with E-state index in [2.05, 4.69) is 5.32 Å². The van der Waals surface area contributed by atoms with Gasteiger partial charge in [-0.25, -0.2) is 0 Å². The molecule has 1 aromatic heterocycles. The molecule has 0 unspecified atom stereocenters. The number of hydrogen-bond donors (Lipinski definition) is 1. The quantitative estimate of drug-likeness (QED) is 0.359. The Hall–Kier alpha value is -3.45. The number of carbonyl (C=O) groups excluding carboxylic acids is 1. The van der Waals surface area contributed by atoms with Crippen molar-refractivity contribution in [2.24, 2.45) is 0 Å².